The van der Waals surface area contributed by atoms with Gasteiger partial charge in [0.1, 0.15) is 5.76 Å². The van der Waals surface area contributed by atoms with Gasteiger partial charge in [-0.25, -0.2) is 4.79 Å². The van der Waals surface area contributed by atoms with Crippen LogP contribution in [0.2, 0.25) is 0 Å². The summed E-state index contributed by atoms with van der Waals surface area (Å²) in [5.41, 5.74) is 0. The molecule has 0 saturated heterocycles. The number of methoxy groups -OCH3 is 2. The Kier molecular flexibility index (Phi) is 3.33. The Morgan fingerprint density at radius 2 is 2.31 bits per heavy atom. The zero-order valence-corrected chi connectivity index (χ0v) is 8.00. The summed E-state index contributed by atoms with van der Waals surface area (Å²) in [4.78, 5) is 10.9. The van der Waals surface area contributed by atoms with Gasteiger partial charge >= 0.3 is 5.97 Å². The average Bonchev–Trinajstić information content (AvgIpc) is 2.63. The lowest BCUT2D eigenvalue weighted by Crippen LogP contribution is -2.08. The molecule has 0 N–H and O–H groups in total. The van der Waals surface area contributed by atoms with Gasteiger partial charge in [-0.1, -0.05) is 11.6 Å². The second kappa shape index (κ2) is 4.30. The molecule has 1 aliphatic heterocycles. The third-order valence-electron chi connectivity index (χ3n) is 1.46. The molecule has 72 valence electrons. The summed E-state index contributed by atoms with van der Waals surface area (Å²) in [5.74, 6) is -0.363. The Bertz CT molecular complexity index is 269. The van der Waals surface area contributed by atoms with E-state index >= 15 is 0 Å². The lowest BCUT2D eigenvalue weighted by atomic mass is 10.4. The third kappa shape index (κ3) is 2.23. The van der Waals surface area contributed by atoms with Crippen LogP contribution in [-0.4, -0.2) is 26.5 Å². The first kappa shape index (κ1) is 10.1. The molecular weight excluding hydrogens is 196 g/mol. The van der Waals surface area contributed by atoms with Gasteiger partial charge in [0, 0.05) is 7.11 Å². The number of esters is 1. The minimum Gasteiger partial charge on any atom is -0.465 e. The highest BCUT2D eigenvalue weighted by atomic mass is 35.5. The van der Waals surface area contributed by atoms with Crippen LogP contribution in [0.4, 0.5) is 0 Å². The van der Waals surface area contributed by atoms with Crippen molar-refractivity contribution in [2.24, 2.45) is 0 Å². The van der Waals surface area contributed by atoms with E-state index in [1.807, 2.05) is 0 Å². The zero-order valence-electron chi connectivity index (χ0n) is 7.24. The number of carbonyl (C=O) groups is 1. The molecule has 0 saturated carbocycles. The Labute approximate surface area is 80.7 Å². The molecule has 0 bridgehead atoms. The van der Waals surface area contributed by atoms with Gasteiger partial charge in [0.25, 0.3) is 0 Å². The van der Waals surface area contributed by atoms with Crippen molar-refractivity contribution in [2.75, 3.05) is 14.2 Å². The zero-order chi connectivity index (χ0) is 9.84. The molecular formula is C8H9ClO4. The van der Waals surface area contributed by atoms with Crippen molar-refractivity contribution in [3.8, 4) is 0 Å². The maximum Gasteiger partial charge on any atom is 0.353 e. The standard InChI is InChI=1S/C8H9ClO4/c1-11-6-4-3-5(13-6)7(9)8(10)12-2/h3-4,6H,1-2H3. The van der Waals surface area contributed by atoms with E-state index in [2.05, 4.69) is 4.74 Å². The van der Waals surface area contributed by atoms with Gasteiger partial charge in [-0.15, -0.1) is 0 Å². The van der Waals surface area contributed by atoms with Gasteiger partial charge < -0.3 is 14.2 Å². The maximum atomic E-state index is 10.9. The van der Waals surface area contributed by atoms with E-state index in [0.29, 0.717) is 0 Å². The normalized spacial score (nSPS) is 24.1. The minimum atomic E-state index is -0.627. The summed E-state index contributed by atoms with van der Waals surface area (Å²) in [7, 11) is 2.74. The molecule has 1 unspecified atom stereocenters. The quantitative estimate of drug-likeness (QED) is 0.500. The van der Waals surface area contributed by atoms with Crippen molar-refractivity contribution < 1.29 is 19.0 Å². The number of allylic oxidation sites excluding steroid dienone is 1. The maximum absolute atomic E-state index is 10.9. The molecule has 0 aromatic rings. The van der Waals surface area contributed by atoms with Gasteiger partial charge in [0.2, 0.25) is 6.29 Å². The van der Waals surface area contributed by atoms with Crippen molar-refractivity contribution in [1.29, 1.82) is 0 Å². The van der Waals surface area contributed by atoms with E-state index in [-0.39, 0.29) is 10.8 Å². The lowest BCUT2D eigenvalue weighted by molar-refractivity contribution is -0.135. The smallest absolute Gasteiger partial charge is 0.353 e. The second-order valence-electron chi connectivity index (χ2n) is 2.25. The van der Waals surface area contributed by atoms with Gasteiger partial charge in [0.05, 0.1) is 7.11 Å². The van der Waals surface area contributed by atoms with Gasteiger partial charge in [-0.05, 0) is 12.2 Å². The van der Waals surface area contributed by atoms with Gasteiger partial charge in [0.15, 0.2) is 5.03 Å². The van der Waals surface area contributed by atoms with E-state index < -0.39 is 12.3 Å². The third-order valence-corrected chi connectivity index (χ3v) is 1.80. The molecule has 1 rings (SSSR count). The Morgan fingerprint density at radius 3 is 2.77 bits per heavy atom. The van der Waals surface area contributed by atoms with Crippen LogP contribution in [-0.2, 0) is 19.0 Å². The van der Waals surface area contributed by atoms with Crippen LogP contribution in [0, 0.1) is 0 Å². The molecule has 0 aliphatic carbocycles. The Hall–Kier alpha value is -1.00. The molecule has 5 heteroatoms. The fraction of sp³-hybridized carbons (Fsp3) is 0.375. The summed E-state index contributed by atoms with van der Waals surface area (Å²) < 4.78 is 14.4. The molecule has 0 spiro atoms. The van der Waals surface area contributed by atoms with Crippen LogP contribution in [0.1, 0.15) is 0 Å². The fourth-order valence-electron chi connectivity index (χ4n) is 0.811. The van der Waals surface area contributed by atoms with Crippen molar-refractivity contribution in [2.45, 2.75) is 6.29 Å². The molecule has 0 aromatic heterocycles. The van der Waals surface area contributed by atoms with Crippen molar-refractivity contribution in [1.82, 2.24) is 0 Å². The minimum absolute atomic E-state index is 0.0849. The van der Waals surface area contributed by atoms with E-state index in [1.54, 1.807) is 12.2 Å². The highest BCUT2D eigenvalue weighted by molar-refractivity contribution is 6.41. The number of ether oxygens (including phenoxy) is 3. The van der Waals surface area contributed by atoms with Crippen LogP contribution in [0.3, 0.4) is 0 Å². The number of halogens is 1. The number of hydrogen-bond acceptors (Lipinski definition) is 4. The predicted octanol–water partition coefficient (Wildman–Crippen LogP) is 1.17. The Balaban J connectivity index is 2.74. The molecule has 1 aliphatic rings. The van der Waals surface area contributed by atoms with Crippen molar-refractivity contribution in [3.05, 3.63) is 22.9 Å². The molecule has 13 heavy (non-hydrogen) atoms. The first-order chi connectivity index (χ1) is 6.19. The van der Waals surface area contributed by atoms with Gasteiger partial charge in [-0.2, -0.15) is 0 Å². The second-order valence-corrected chi connectivity index (χ2v) is 2.63. The van der Waals surface area contributed by atoms with E-state index in [4.69, 9.17) is 21.1 Å². The average molecular weight is 205 g/mol. The largest absolute Gasteiger partial charge is 0.465 e. The molecule has 0 fully saturated rings. The van der Waals surface area contributed by atoms with E-state index in [1.165, 1.54) is 14.2 Å². The summed E-state index contributed by atoms with van der Waals surface area (Å²) in [6.45, 7) is 0. The monoisotopic (exact) mass is 204 g/mol. The highest BCUT2D eigenvalue weighted by Gasteiger charge is 2.20. The first-order valence-corrected chi connectivity index (χ1v) is 3.92. The molecule has 0 radical (unpaired) electrons. The van der Waals surface area contributed by atoms with Crippen LogP contribution in [0.25, 0.3) is 0 Å². The van der Waals surface area contributed by atoms with Gasteiger partial charge in [-0.3, -0.25) is 0 Å². The van der Waals surface area contributed by atoms with E-state index in [0.717, 1.165) is 0 Å². The van der Waals surface area contributed by atoms with Crippen molar-refractivity contribution >= 4 is 17.6 Å². The number of rotatable bonds is 2. The van der Waals surface area contributed by atoms with Crippen LogP contribution in [0.5, 0.6) is 0 Å². The predicted molar refractivity (Wildman–Crippen MR) is 45.9 cm³/mol. The van der Waals surface area contributed by atoms with Crippen LogP contribution < -0.4 is 0 Å². The number of carbonyl (C=O) groups excluding carboxylic acids is 1. The number of hydrogen-bond donors (Lipinski definition) is 0. The fourth-order valence-corrected chi connectivity index (χ4v) is 0.996. The summed E-state index contributed by atoms with van der Waals surface area (Å²) in [5, 5.41) is -0.0849. The SMILES string of the molecule is COC(=O)C(Cl)=C1C=CC(OC)O1. The lowest BCUT2D eigenvalue weighted by Gasteiger charge is -2.08. The summed E-state index contributed by atoms with van der Waals surface area (Å²) in [6.07, 6.45) is 2.72. The highest BCUT2D eigenvalue weighted by Crippen LogP contribution is 2.21. The molecule has 4 nitrogen and oxygen atoms in total. The molecule has 1 heterocycles. The van der Waals surface area contributed by atoms with Crippen LogP contribution >= 0.6 is 11.6 Å². The summed E-state index contributed by atoms with van der Waals surface area (Å²) >= 11 is 5.63. The first-order valence-electron chi connectivity index (χ1n) is 3.54. The van der Waals surface area contributed by atoms with E-state index in [9.17, 15) is 4.79 Å². The Morgan fingerprint density at radius 1 is 1.62 bits per heavy atom. The summed E-state index contributed by atoms with van der Waals surface area (Å²) in [6, 6.07) is 0. The topological polar surface area (TPSA) is 44.8 Å². The van der Waals surface area contributed by atoms with Crippen molar-refractivity contribution in [3.63, 3.8) is 0 Å². The molecule has 0 aromatic carbocycles. The van der Waals surface area contributed by atoms with Crippen LogP contribution in [0.15, 0.2) is 22.9 Å². The molecule has 1 atom stereocenters. The molecule has 0 amide bonds.